The lowest BCUT2D eigenvalue weighted by Gasteiger charge is -2.32. The number of rotatable bonds is 8. The standard InChI is InChI=1S/C25H41N5O2/c1-19(2)21-7-9-22(10-8-21)29-25(26-3)27-18-20-5-4-6-23(17-20)28-24(31)11-12-30-13-15-32-16-14-30/h4-6,17,19,21-22H,7-16,18H2,1-3H3,(H,28,31)(H2,26,27,29). The molecule has 1 aliphatic heterocycles. The summed E-state index contributed by atoms with van der Waals surface area (Å²) in [5.41, 5.74) is 1.95. The summed E-state index contributed by atoms with van der Waals surface area (Å²) in [7, 11) is 1.82. The molecule has 1 aliphatic carbocycles. The van der Waals surface area contributed by atoms with Crippen molar-refractivity contribution in [1.82, 2.24) is 15.5 Å². The first-order valence-electron chi connectivity index (χ1n) is 12.2. The van der Waals surface area contributed by atoms with E-state index in [2.05, 4.69) is 45.8 Å². The average Bonchev–Trinajstić information content (AvgIpc) is 2.81. The van der Waals surface area contributed by atoms with Crippen LogP contribution in [-0.2, 0) is 16.1 Å². The first-order chi connectivity index (χ1) is 15.5. The van der Waals surface area contributed by atoms with Crippen molar-refractivity contribution >= 4 is 17.6 Å². The predicted molar refractivity (Wildman–Crippen MR) is 131 cm³/mol. The molecule has 32 heavy (non-hydrogen) atoms. The molecule has 1 saturated heterocycles. The van der Waals surface area contributed by atoms with Crippen molar-refractivity contribution in [2.24, 2.45) is 16.8 Å². The molecule has 7 heteroatoms. The Labute approximate surface area is 193 Å². The van der Waals surface area contributed by atoms with Crippen LogP contribution in [0.2, 0.25) is 0 Å². The number of ether oxygens (including phenoxy) is 1. The van der Waals surface area contributed by atoms with E-state index in [9.17, 15) is 4.79 Å². The van der Waals surface area contributed by atoms with Crippen LogP contribution in [0.5, 0.6) is 0 Å². The van der Waals surface area contributed by atoms with Crippen LogP contribution in [0.3, 0.4) is 0 Å². The van der Waals surface area contributed by atoms with Crippen molar-refractivity contribution in [3.8, 4) is 0 Å². The molecule has 2 fully saturated rings. The van der Waals surface area contributed by atoms with E-state index in [-0.39, 0.29) is 5.91 Å². The molecule has 1 amide bonds. The van der Waals surface area contributed by atoms with E-state index in [1.165, 1.54) is 25.7 Å². The number of nitrogens with zero attached hydrogens (tertiary/aromatic N) is 2. The van der Waals surface area contributed by atoms with Gasteiger partial charge in [-0.15, -0.1) is 0 Å². The third-order valence-electron chi connectivity index (χ3n) is 6.71. The number of carbonyl (C=O) groups excluding carboxylic acids is 1. The van der Waals surface area contributed by atoms with Gasteiger partial charge in [0.2, 0.25) is 5.91 Å². The Hall–Kier alpha value is -2.12. The highest BCUT2D eigenvalue weighted by atomic mass is 16.5. The van der Waals surface area contributed by atoms with Gasteiger partial charge in [0.15, 0.2) is 5.96 Å². The van der Waals surface area contributed by atoms with Crippen LogP contribution in [0.25, 0.3) is 0 Å². The van der Waals surface area contributed by atoms with E-state index in [1.54, 1.807) is 0 Å². The Morgan fingerprint density at radius 3 is 2.62 bits per heavy atom. The van der Waals surface area contributed by atoms with Crippen molar-refractivity contribution < 1.29 is 9.53 Å². The van der Waals surface area contributed by atoms with Crippen LogP contribution < -0.4 is 16.0 Å². The van der Waals surface area contributed by atoms with Crippen LogP contribution in [0.15, 0.2) is 29.3 Å². The SMILES string of the molecule is CN=C(NCc1cccc(NC(=O)CCN2CCOCC2)c1)NC1CCC(C(C)C)CC1. The highest BCUT2D eigenvalue weighted by Gasteiger charge is 2.23. The molecule has 2 aliphatic rings. The van der Waals surface area contributed by atoms with Gasteiger partial charge in [-0.3, -0.25) is 14.7 Å². The van der Waals surface area contributed by atoms with Gasteiger partial charge in [-0.25, -0.2) is 0 Å². The summed E-state index contributed by atoms with van der Waals surface area (Å²) in [6.45, 7) is 9.43. The van der Waals surface area contributed by atoms with Gasteiger partial charge in [0.25, 0.3) is 0 Å². The molecule has 178 valence electrons. The fourth-order valence-electron chi connectivity index (χ4n) is 4.57. The quantitative estimate of drug-likeness (QED) is 0.425. The second-order valence-corrected chi connectivity index (χ2v) is 9.38. The molecule has 0 aromatic heterocycles. The monoisotopic (exact) mass is 443 g/mol. The number of guanidine groups is 1. The maximum atomic E-state index is 12.4. The molecule has 0 bridgehead atoms. The van der Waals surface area contributed by atoms with Gasteiger partial charge < -0.3 is 20.7 Å². The highest BCUT2D eigenvalue weighted by molar-refractivity contribution is 5.90. The van der Waals surface area contributed by atoms with Gasteiger partial charge in [0, 0.05) is 51.4 Å². The molecular weight excluding hydrogens is 402 g/mol. The number of amides is 1. The number of carbonyl (C=O) groups is 1. The largest absolute Gasteiger partial charge is 0.379 e. The van der Waals surface area contributed by atoms with Crippen LogP contribution in [0, 0.1) is 11.8 Å². The van der Waals surface area contributed by atoms with Crippen molar-refractivity contribution in [3.05, 3.63) is 29.8 Å². The lowest BCUT2D eigenvalue weighted by atomic mass is 9.80. The van der Waals surface area contributed by atoms with Gasteiger partial charge in [-0.1, -0.05) is 26.0 Å². The van der Waals surface area contributed by atoms with Crippen LogP contribution >= 0.6 is 0 Å². The van der Waals surface area contributed by atoms with Crippen LogP contribution in [0.1, 0.15) is 51.5 Å². The summed E-state index contributed by atoms with van der Waals surface area (Å²) in [5, 5.41) is 10.0. The number of nitrogens with one attached hydrogen (secondary N) is 3. The minimum absolute atomic E-state index is 0.0519. The lowest BCUT2D eigenvalue weighted by molar-refractivity contribution is -0.116. The fraction of sp³-hybridized carbons (Fsp3) is 0.680. The zero-order valence-corrected chi connectivity index (χ0v) is 20.0. The van der Waals surface area contributed by atoms with Crippen molar-refractivity contribution in [3.63, 3.8) is 0 Å². The number of morpholine rings is 1. The van der Waals surface area contributed by atoms with Gasteiger partial charge >= 0.3 is 0 Å². The van der Waals surface area contributed by atoms with Crippen molar-refractivity contribution in [1.29, 1.82) is 0 Å². The Morgan fingerprint density at radius 1 is 1.19 bits per heavy atom. The van der Waals surface area contributed by atoms with E-state index in [1.807, 2.05) is 25.2 Å². The molecule has 3 N–H and O–H groups in total. The summed E-state index contributed by atoms with van der Waals surface area (Å²) < 4.78 is 5.36. The van der Waals surface area contributed by atoms with E-state index >= 15 is 0 Å². The smallest absolute Gasteiger partial charge is 0.225 e. The van der Waals surface area contributed by atoms with E-state index in [0.717, 1.165) is 61.9 Å². The summed E-state index contributed by atoms with van der Waals surface area (Å²) >= 11 is 0. The Kier molecular flexibility index (Phi) is 9.81. The van der Waals surface area contributed by atoms with E-state index in [4.69, 9.17) is 4.74 Å². The zero-order valence-electron chi connectivity index (χ0n) is 20.0. The molecule has 0 unspecified atom stereocenters. The lowest BCUT2D eigenvalue weighted by Crippen LogP contribution is -2.44. The highest BCUT2D eigenvalue weighted by Crippen LogP contribution is 2.29. The fourth-order valence-corrected chi connectivity index (χ4v) is 4.57. The second-order valence-electron chi connectivity index (χ2n) is 9.38. The Morgan fingerprint density at radius 2 is 1.94 bits per heavy atom. The summed E-state index contributed by atoms with van der Waals surface area (Å²) in [6.07, 6.45) is 5.49. The molecule has 0 radical (unpaired) electrons. The summed E-state index contributed by atoms with van der Waals surface area (Å²) in [5.74, 6) is 2.53. The Balaban J connectivity index is 1.41. The van der Waals surface area contributed by atoms with Gasteiger partial charge in [-0.05, 0) is 55.2 Å². The molecule has 1 saturated carbocycles. The van der Waals surface area contributed by atoms with Crippen molar-refractivity contribution in [2.75, 3.05) is 45.2 Å². The maximum absolute atomic E-state index is 12.4. The summed E-state index contributed by atoms with van der Waals surface area (Å²) in [4.78, 5) is 19.0. The van der Waals surface area contributed by atoms with Gasteiger partial charge in [0.1, 0.15) is 0 Å². The van der Waals surface area contributed by atoms with Crippen molar-refractivity contribution in [2.45, 2.75) is 58.5 Å². The molecular formula is C25H41N5O2. The summed E-state index contributed by atoms with van der Waals surface area (Å²) in [6, 6.07) is 8.51. The van der Waals surface area contributed by atoms with Crippen LogP contribution in [-0.4, -0.2) is 62.7 Å². The molecule has 7 nitrogen and oxygen atoms in total. The first-order valence-corrected chi connectivity index (χ1v) is 12.2. The number of hydrogen-bond acceptors (Lipinski definition) is 4. The molecule has 1 heterocycles. The third-order valence-corrected chi connectivity index (χ3v) is 6.71. The maximum Gasteiger partial charge on any atom is 0.225 e. The minimum atomic E-state index is 0.0519. The molecule has 1 aromatic carbocycles. The van der Waals surface area contributed by atoms with E-state index in [0.29, 0.717) is 19.0 Å². The number of aliphatic imine (C=N–C) groups is 1. The average molecular weight is 444 g/mol. The molecule has 0 atom stereocenters. The number of anilines is 1. The predicted octanol–water partition coefficient (Wildman–Crippen LogP) is 3.23. The van der Waals surface area contributed by atoms with Gasteiger partial charge in [-0.2, -0.15) is 0 Å². The Bertz CT molecular complexity index is 738. The van der Waals surface area contributed by atoms with E-state index < -0.39 is 0 Å². The van der Waals surface area contributed by atoms with Crippen LogP contribution in [0.4, 0.5) is 5.69 Å². The van der Waals surface area contributed by atoms with Gasteiger partial charge in [0.05, 0.1) is 13.2 Å². The number of benzene rings is 1. The molecule has 0 spiro atoms. The molecule has 1 aromatic rings. The zero-order chi connectivity index (χ0) is 22.8. The first kappa shape index (κ1) is 24.5. The third kappa shape index (κ3) is 8.10. The minimum Gasteiger partial charge on any atom is -0.379 e. The topological polar surface area (TPSA) is 78.0 Å². The second kappa shape index (κ2) is 12.8. The normalized spacial score (nSPS) is 22.6. The number of hydrogen-bond donors (Lipinski definition) is 3. The molecule has 3 rings (SSSR count).